The van der Waals surface area contributed by atoms with Gasteiger partial charge in [-0.1, -0.05) is 78.9 Å². The summed E-state index contributed by atoms with van der Waals surface area (Å²) in [5.41, 5.74) is 4.75. The fourth-order valence-electron chi connectivity index (χ4n) is 2.89. The average Bonchev–Trinajstić information content (AvgIpc) is 2.64. The molecule has 0 amide bonds. The number of hydrogen-bond acceptors (Lipinski definition) is 2. The second-order valence-corrected chi connectivity index (χ2v) is 7.49. The molecule has 3 heteroatoms. The molecule has 0 unspecified atom stereocenters. The molecule has 0 N–H and O–H groups in total. The molecule has 0 bridgehead atoms. The average molecular weight is 320 g/mol. The minimum atomic E-state index is -1.97. The summed E-state index contributed by atoms with van der Waals surface area (Å²) < 4.78 is 11.5. The van der Waals surface area contributed by atoms with Crippen LogP contribution in [0.5, 0.6) is 0 Å². The van der Waals surface area contributed by atoms with E-state index in [9.17, 15) is 0 Å². The molecule has 0 atom stereocenters. The van der Waals surface area contributed by atoms with E-state index in [4.69, 9.17) is 8.85 Å². The fourth-order valence-corrected chi connectivity index (χ4v) is 4.59. The van der Waals surface area contributed by atoms with Gasteiger partial charge in [0.2, 0.25) is 0 Å². The maximum Gasteiger partial charge on any atom is 0.356 e. The van der Waals surface area contributed by atoms with E-state index in [1.807, 2.05) is 12.1 Å². The van der Waals surface area contributed by atoms with Gasteiger partial charge in [0.15, 0.2) is 0 Å². The second-order valence-electron chi connectivity index (χ2n) is 5.30. The molecule has 0 aliphatic heterocycles. The van der Waals surface area contributed by atoms with Crippen molar-refractivity contribution in [1.82, 2.24) is 0 Å². The van der Waals surface area contributed by atoms with E-state index in [1.165, 1.54) is 27.4 Å². The highest BCUT2D eigenvalue weighted by atomic mass is 28.3. The van der Waals surface area contributed by atoms with Gasteiger partial charge in [0, 0.05) is 19.4 Å². The second kappa shape index (κ2) is 7.37. The Labute approximate surface area is 139 Å². The van der Waals surface area contributed by atoms with Gasteiger partial charge in [-0.25, -0.2) is 0 Å². The Morgan fingerprint density at radius 1 is 0.565 bits per heavy atom. The van der Waals surface area contributed by atoms with Gasteiger partial charge in [0.25, 0.3) is 0 Å². The third-order valence-electron chi connectivity index (χ3n) is 3.94. The highest BCUT2D eigenvalue weighted by Gasteiger charge is 2.23. The summed E-state index contributed by atoms with van der Waals surface area (Å²) in [4.78, 5) is 0. The summed E-state index contributed by atoms with van der Waals surface area (Å²) in [5, 5.41) is 1.19. The molecule has 0 fully saturated rings. The van der Waals surface area contributed by atoms with Gasteiger partial charge in [-0.05, 0) is 22.3 Å². The lowest BCUT2D eigenvalue weighted by atomic mass is 9.99. The van der Waals surface area contributed by atoms with E-state index in [1.54, 1.807) is 14.2 Å². The summed E-state index contributed by atoms with van der Waals surface area (Å²) in [6.45, 7) is 0. The maximum absolute atomic E-state index is 5.73. The van der Waals surface area contributed by atoms with Gasteiger partial charge in [-0.3, -0.25) is 0 Å². The third-order valence-corrected chi connectivity index (χ3v) is 5.89. The van der Waals surface area contributed by atoms with Crippen LogP contribution < -0.4 is 5.19 Å². The monoisotopic (exact) mass is 320 g/mol. The Bertz CT molecular complexity index is 695. The Morgan fingerprint density at radius 2 is 1.00 bits per heavy atom. The molecule has 0 aliphatic rings. The molecule has 3 aromatic rings. The number of rotatable bonds is 5. The zero-order valence-corrected chi connectivity index (χ0v) is 14.6. The Balaban J connectivity index is 2.25. The van der Waals surface area contributed by atoms with Crippen LogP contribution in [0.3, 0.4) is 0 Å². The third kappa shape index (κ3) is 3.27. The molecular weight excluding hydrogens is 300 g/mol. The van der Waals surface area contributed by atoms with Crippen LogP contribution in [0.1, 0.15) is 0 Å². The molecule has 2 nitrogen and oxygen atoms in total. The fraction of sp³-hybridized carbons (Fsp3) is 0.100. The van der Waals surface area contributed by atoms with Crippen LogP contribution in [0, 0.1) is 0 Å². The maximum atomic E-state index is 5.73. The molecule has 0 aromatic heterocycles. The molecule has 23 heavy (non-hydrogen) atoms. The van der Waals surface area contributed by atoms with Gasteiger partial charge in [0.1, 0.15) is 0 Å². The molecule has 0 heterocycles. The topological polar surface area (TPSA) is 18.5 Å². The van der Waals surface area contributed by atoms with Crippen molar-refractivity contribution in [3.8, 4) is 22.3 Å². The lowest BCUT2D eigenvalue weighted by Crippen LogP contribution is -2.37. The first-order chi connectivity index (χ1) is 11.3. The van der Waals surface area contributed by atoms with E-state index < -0.39 is 9.28 Å². The molecular formula is C20H20O2Si. The zero-order chi connectivity index (χ0) is 16.1. The number of hydrogen-bond donors (Lipinski definition) is 0. The van der Waals surface area contributed by atoms with Gasteiger partial charge in [-0.15, -0.1) is 0 Å². The first-order valence-corrected chi connectivity index (χ1v) is 9.16. The van der Waals surface area contributed by atoms with Crippen molar-refractivity contribution >= 4 is 14.5 Å². The van der Waals surface area contributed by atoms with Crippen LogP contribution in [0.25, 0.3) is 22.3 Å². The Kier molecular flexibility index (Phi) is 5.03. The van der Waals surface area contributed by atoms with Crippen molar-refractivity contribution in [2.45, 2.75) is 0 Å². The van der Waals surface area contributed by atoms with E-state index in [0.29, 0.717) is 0 Å². The van der Waals surface area contributed by atoms with Crippen molar-refractivity contribution < 1.29 is 8.85 Å². The summed E-state index contributed by atoms with van der Waals surface area (Å²) in [7, 11) is 1.50. The minimum absolute atomic E-state index is 1.19. The minimum Gasteiger partial charge on any atom is -0.397 e. The molecule has 0 spiro atoms. The van der Waals surface area contributed by atoms with Crippen molar-refractivity contribution in [2.75, 3.05) is 14.2 Å². The van der Waals surface area contributed by atoms with E-state index in [-0.39, 0.29) is 0 Å². The van der Waals surface area contributed by atoms with E-state index >= 15 is 0 Å². The largest absolute Gasteiger partial charge is 0.397 e. The Morgan fingerprint density at radius 3 is 1.39 bits per heavy atom. The molecule has 3 aromatic carbocycles. The quantitative estimate of drug-likeness (QED) is 0.667. The normalized spacial score (nSPS) is 10.9. The van der Waals surface area contributed by atoms with Gasteiger partial charge < -0.3 is 8.85 Å². The van der Waals surface area contributed by atoms with E-state index in [0.717, 1.165) is 0 Å². The lowest BCUT2D eigenvalue weighted by molar-refractivity contribution is 0.292. The van der Waals surface area contributed by atoms with Gasteiger partial charge in [-0.2, -0.15) is 0 Å². The first-order valence-electron chi connectivity index (χ1n) is 7.64. The summed E-state index contributed by atoms with van der Waals surface area (Å²) in [6.07, 6.45) is 0. The smallest absolute Gasteiger partial charge is 0.356 e. The van der Waals surface area contributed by atoms with Gasteiger partial charge >= 0.3 is 9.28 Å². The molecule has 3 rings (SSSR count). The van der Waals surface area contributed by atoms with Crippen LogP contribution in [-0.4, -0.2) is 23.5 Å². The summed E-state index contributed by atoms with van der Waals surface area (Å²) in [5.74, 6) is 0. The van der Waals surface area contributed by atoms with Crippen molar-refractivity contribution in [2.24, 2.45) is 0 Å². The first kappa shape index (κ1) is 15.7. The van der Waals surface area contributed by atoms with Crippen LogP contribution in [0.15, 0.2) is 78.9 Å². The molecule has 116 valence electrons. The van der Waals surface area contributed by atoms with Gasteiger partial charge in [0.05, 0.1) is 0 Å². The van der Waals surface area contributed by atoms with Crippen molar-refractivity contribution in [3.05, 3.63) is 78.9 Å². The van der Waals surface area contributed by atoms with Crippen molar-refractivity contribution in [3.63, 3.8) is 0 Å². The predicted octanol–water partition coefficient (Wildman–Crippen LogP) is 3.74. The summed E-state index contributed by atoms with van der Waals surface area (Å²) >= 11 is 0. The molecule has 0 radical (unpaired) electrons. The van der Waals surface area contributed by atoms with Crippen LogP contribution >= 0.6 is 0 Å². The molecule has 0 saturated carbocycles. The van der Waals surface area contributed by atoms with Crippen LogP contribution in [0.4, 0.5) is 0 Å². The molecule has 0 saturated heterocycles. The lowest BCUT2D eigenvalue weighted by Gasteiger charge is -2.20. The van der Waals surface area contributed by atoms with Crippen molar-refractivity contribution in [1.29, 1.82) is 0 Å². The summed E-state index contributed by atoms with van der Waals surface area (Å²) in [6, 6.07) is 27.2. The highest BCUT2D eigenvalue weighted by molar-refractivity contribution is 6.65. The zero-order valence-electron chi connectivity index (χ0n) is 13.4. The predicted molar refractivity (Wildman–Crippen MR) is 98.1 cm³/mol. The van der Waals surface area contributed by atoms with Crippen LogP contribution in [0.2, 0.25) is 0 Å². The van der Waals surface area contributed by atoms with E-state index in [2.05, 4.69) is 66.7 Å². The SMILES string of the molecule is CO[SiH](OC)c1c(-c2ccccc2)cccc1-c1ccccc1. The standard InChI is InChI=1S/C20H20O2Si/c1-21-23(22-2)20-18(16-10-5-3-6-11-16)14-9-15-19(20)17-12-7-4-8-13-17/h3-15,23H,1-2H3. The highest BCUT2D eigenvalue weighted by Crippen LogP contribution is 2.25. The molecule has 0 aliphatic carbocycles. The Hall–Kier alpha value is -2.20. The number of benzene rings is 3. The van der Waals surface area contributed by atoms with Crippen LogP contribution in [-0.2, 0) is 8.85 Å².